The van der Waals surface area contributed by atoms with Crippen LogP contribution in [-0.2, 0) is 7.05 Å². The normalized spacial score (nSPS) is 9.64. The number of nitrogen functional groups attached to an aromatic ring is 1. The predicted molar refractivity (Wildman–Crippen MR) is 62.8 cm³/mol. The molecular formula is C10H14N2OS. The van der Waals surface area contributed by atoms with Gasteiger partial charge in [0.05, 0.1) is 15.8 Å². The Kier molecular flexibility index (Phi) is 3.30. The van der Waals surface area contributed by atoms with E-state index in [9.17, 15) is 4.79 Å². The highest BCUT2D eigenvalue weighted by molar-refractivity contribution is 7.14. The number of nitrogens with two attached hydrogens (primary N) is 1. The van der Waals surface area contributed by atoms with Crippen molar-refractivity contribution in [1.29, 1.82) is 0 Å². The van der Waals surface area contributed by atoms with Crippen LogP contribution in [-0.4, -0.2) is 3.96 Å². The zero-order valence-electron chi connectivity index (χ0n) is 8.57. The molecule has 2 aromatic rings. The summed E-state index contributed by atoms with van der Waals surface area (Å²) in [6.07, 6.45) is 0. The molecule has 0 aliphatic heterocycles. The Balaban J connectivity index is 0.000000461. The number of anilines is 1. The van der Waals surface area contributed by atoms with Gasteiger partial charge in [-0.1, -0.05) is 31.4 Å². The number of fused-ring (bicyclic) bond motifs is 1. The van der Waals surface area contributed by atoms with E-state index >= 15 is 0 Å². The molecule has 0 saturated carbocycles. The monoisotopic (exact) mass is 210 g/mol. The zero-order valence-corrected chi connectivity index (χ0v) is 9.39. The molecule has 14 heavy (non-hydrogen) atoms. The van der Waals surface area contributed by atoms with E-state index < -0.39 is 0 Å². The molecule has 0 aliphatic rings. The molecule has 0 aliphatic carbocycles. The van der Waals surface area contributed by atoms with Crippen LogP contribution in [0.3, 0.4) is 0 Å². The van der Waals surface area contributed by atoms with Crippen molar-refractivity contribution in [3.8, 4) is 0 Å². The smallest absolute Gasteiger partial charge is 0.268 e. The molecule has 0 spiro atoms. The number of aromatic nitrogens is 1. The lowest BCUT2D eigenvalue weighted by atomic mass is 10.2. The molecule has 0 atom stereocenters. The van der Waals surface area contributed by atoms with E-state index in [1.54, 1.807) is 29.2 Å². The van der Waals surface area contributed by atoms with Crippen molar-refractivity contribution in [2.45, 2.75) is 13.8 Å². The number of benzene rings is 1. The molecule has 1 aromatic heterocycles. The zero-order chi connectivity index (χ0) is 10.7. The molecule has 0 unspecified atom stereocenters. The van der Waals surface area contributed by atoms with Crippen LogP contribution in [0.25, 0.3) is 10.1 Å². The summed E-state index contributed by atoms with van der Waals surface area (Å²) >= 11 is 1.38. The van der Waals surface area contributed by atoms with Crippen molar-refractivity contribution >= 4 is 27.3 Å². The topological polar surface area (TPSA) is 48.0 Å². The Hall–Kier alpha value is -1.29. The summed E-state index contributed by atoms with van der Waals surface area (Å²) < 4.78 is 2.46. The van der Waals surface area contributed by atoms with Crippen molar-refractivity contribution in [2.75, 3.05) is 5.73 Å². The van der Waals surface area contributed by atoms with Gasteiger partial charge in [0.1, 0.15) is 0 Å². The van der Waals surface area contributed by atoms with E-state index in [0.717, 1.165) is 4.70 Å². The maximum Gasteiger partial charge on any atom is 0.268 e. The van der Waals surface area contributed by atoms with Gasteiger partial charge in [0.2, 0.25) is 0 Å². The minimum atomic E-state index is 0.0299. The number of rotatable bonds is 0. The first kappa shape index (κ1) is 10.8. The number of aryl methyl sites for hydroxylation is 1. The van der Waals surface area contributed by atoms with Gasteiger partial charge in [0.25, 0.3) is 5.56 Å². The van der Waals surface area contributed by atoms with Gasteiger partial charge in [-0.2, -0.15) is 0 Å². The van der Waals surface area contributed by atoms with E-state index in [4.69, 9.17) is 5.73 Å². The summed E-state index contributed by atoms with van der Waals surface area (Å²) in [5.41, 5.74) is 6.40. The molecule has 0 saturated heterocycles. The summed E-state index contributed by atoms with van der Waals surface area (Å²) in [4.78, 5) is 11.4. The lowest BCUT2D eigenvalue weighted by molar-refractivity contribution is 0.989. The third-order valence-corrected chi connectivity index (χ3v) is 2.87. The summed E-state index contributed by atoms with van der Waals surface area (Å²) in [5.74, 6) is 0. The lowest BCUT2D eigenvalue weighted by Gasteiger charge is -1.90. The van der Waals surface area contributed by atoms with Crippen LogP contribution in [0.1, 0.15) is 13.8 Å². The Labute approximate surface area is 86.9 Å². The molecule has 3 nitrogen and oxygen atoms in total. The molecule has 2 N–H and O–H groups in total. The molecule has 2 rings (SSSR count). The van der Waals surface area contributed by atoms with Gasteiger partial charge in [-0.15, -0.1) is 0 Å². The molecule has 0 radical (unpaired) electrons. The third kappa shape index (κ3) is 1.65. The van der Waals surface area contributed by atoms with E-state index in [1.807, 2.05) is 13.8 Å². The first-order valence-electron chi connectivity index (χ1n) is 4.54. The highest BCUT2D eigenvalue weighted by Gasteiger charge is 2.05. The highest BCUT2D eigenvalue weighted by Crippen LogP contribution is 2.21. The summed E-state index contributed by atoms with van der Waals surface area (Å²) in [6.45, 7) is 4.00. The predicted octanol–water partition coefficient (Wildman–Crippen LogP) is 2.21. The first-order chi connectivity index (χ1) is 6.70. The van der Waals surface area contributed by atoms with Gasteiger partial charge < -0.3 is 5.73 Å². The van der Waals surface area contributed by atoms with Gasteiger partial charge in [0.15, 0.2) is 0 Å². The Morgan fingerprint density at radius 3 is 2.57 bits per heavy atom. The standard InChI is InChI=1S/C8H8N2OS.C2H6/c1-10-8(11)5-3-2-4-6(9)7(5)12-10;1-2/h2-4H,9H2,1H3;1-2H3. The number of hydrogen-bond donors (Lipinski definition) is 1. The fraction of sp³-hybridized carbons (Fsp3) is 0.300. The molecule has 0 amide bonds. The van der Waals surface area contributed by atoms with Crippen molar-refractivity contribution in [3.63, 3.8) is 0 Å². The van der Waals surface area contributed by atoms with E-state index in [1.165, 1.54) is 11.5 Å². The largest absolute Gasteiger partial charge is 0.398 e. The summed E-state index contributed by atoms with van der Waals surface area (Å²) in [6, 6.07) is 5.40. The van der Waals surface area contributed by atoms with Crippen LogP contribution in [0.2, 0.25) is 0 Å². The van der Waals surface area contributed by atoms with Gasteiger partial charge in [-0.05, 0) is 12.1 Å². The quantitative estimate of drug-likeness (QED) is 0.678. The molecule has 76 valence electrons. The minimum Gasteiger partial charge on any atom is -0.398 e. The van der Waals surface area contributed by atoms with Crippen molar-refractivity contribution in [2.24, 2.45) is 7.05 Å². The number of hydrogen-bond acceptors (Lipinski definition) is 3. The van der Waals surface area contributed by atoms with Crippen LogP contribution >= 0.6 is 11.5 Å². The fourth-order valence-electron chi connectivity index (χ4n) is 1.17. The Morgan fingerprint density at radius 2 is 2.00 bits per heavy atom. The van der Waals surface area contributed by atoms with Crippen LogP contribution in [0.15, 0.2) is 23.0 Å². The van der Waals surface area contributed by atoms with Crippen LogP contribution < -0.4 is 11.3 Å². The van der Waals surface area contributed by atoms with Gasteiger partial charge in [-0.25, -0.2) is 0 Å². The van der Waals surface area contributed by atoms with Gasteiger partial charge >= 0.3 is 0 Å². The maximum absolute atomic E-state index is 11.4. The van der Waals surface area contributed by atoms with Gasteiger partial charge in [0, 0.05) is 7.05 Å². The van der Waals surface area contributed by atoms with Crippen LogP contribution in [0, 0.1) is 0 Å². The van der Waals surface area contributed by atoms with Crippen LogP contribution in [0.4, 0.5) is 5.69 Å². The Morgan fingerprint density at radius 1 is 1.36 bits per heavy atom. The van der Waals surface area contributed by atoms with Crippen molar-refractivity contribution in [3.05, 3.63) is 28.6 Å². The van der Waals surface area contributed by atoms with Gasteiger partial charge in [-0.3, -0.25) is 8.75 Å². The lowest BCUT2D eigenvalue weighted by Crippen LogP contribution is -2.07. The molecule has 1 heterocycles. The average molecular weight is 210 g/mol. The second-order valence-corrected chi connectivity index (χ2v) is 3.76. The van der Waals surface area contributed by atoms with E-state index in [-0.39, 0.29) is 5.56 Å². The van der Waals surface area contributed by atoms with Crippen LogP contribution in [0.5, 0.6) is 0 Å². The Bertz CT molecular complexity index is 484. The third-order valence-electron chi connectivity index (χ3n) is 1.79. The molecule has 1 aromatic carbocycles. The first-order valence-corrected chi connectivity index (χ1v) is 5.32. The average Bonchev–Trinajstić information content (AvgIpc) is 2.50. The van der Waals surface area contributed by atoms with E-state index in [2.05, 4.69) is 0 Å². The summed E-state index contributed by atoms with van der Waals surface area (Å²) in [5, 5.41) is 0.711. The second-order valence-electron chi connectivity index (χ2n) is 2.62. The highest BCUT2D eigenvalue weighted by atomic mass is 32.1. The number of nitrogens with zero attached hydrogens (tertiary/aromatic N) is 1. The SMILES string of the molecule is CC.Cn1sc2c(N)cccc2c1=O. The van der Waals surface area contributed by atoms with Crippen molar-refractivity contribution in [1.82, 2.24) is 3.96 Å². The maximum atomic E-state index is 11.4. The minimum absolute atomic E-state index is 0.0299. The van der Waals surface area contributed by atoms with Crippen molar-refractivity contribution < 1.29 is 0 Å². The summed E-state index contributed by atoms with van der Waals surface area (Å²) in [7, 11) is 1.74. The molecule has 0 bridgehead atoms. The fourth-order valence-corrected chi connectivity index (χ4v) is 2.06. The molecular weight excluding hydrogens is 196 g/mol. The molecule has 0 fully saturated rings. The second kappa shape index (κ2) is 4.28. The van der Waals surface area contributed by atoms with E-state index in [0.29, 0.717) is 11.1 Å². The molecule has 4 heteroatoms.